The highest BCUT2D eigenvalue weighted by molar-refractivity contribution is 5.35. The predicted molar refractivity (Wildman–Crippen MR) is 77.5 cm³/mol. The van der Waals surface area contributed by atoms with Crippen LogP contribution in [0.3, 0.4) is 0 Å². The Hall–Kier alpha value is -2.06. The lowest BCUT2D eigenvalue weighted by molar-refractivity contribution is -0.143. The minimum absolute atomic E-state index is 0.0368. The second kappa shape index (κ2) is 7.45. The van der Waals surface area contributed by atoms with E-state index >= 15 is 0 Å². The van der Waals surface area contributed by atoms with Crippen molar-refractivity contribution < 1.29 is 36.2 Å². The Morgan fingerprint density at radius 1 is 0.840 bits per heavy atom. The molecule has 0 unspecified atom stereocenters. The van der Waals surface area contributed by atoms with Gasteiger partial charge in [0.25, 0.3) is 0 Å². The van der Waals surface area contributed by atoms with E-state index in [1.165, 1.54) is 0 Å². The Morgan fingerprint density at radius 3 is 1.80 bits per heavy atom. The molecule has 1 atom stereocenters. The molecule has 2 aromatic carbocycles. The van der Waals surface area contributed by atoms with Gasteiger partial charge >= 0.3 is 12.4 Å². The minimum Gasteiger partial charge on any atom is -0.393 e. The molecule has 0 saturated heterocycles. The molecule has 1 N–H and O–H groups in total. The molecule has 0 saturated carbocycles. The second-order valence-corrected chi connectivity index (χ2v) is 5.31. The Kier molecular flexibility index (Phi) is 5.74. The lowest BCUT2D eigenvalue weighted by Gasteiger charge is -2.20. The Bertz CT molecular complexity index is 662. The molecular formula is C17H14F6O2. The zero-order chi connectivity index (χ0) is 18.7. The standard InChI is InChI=1S/C17H14F6O2/c18-16(19,20)13-6-12(7-14(8-13)17(21,22)23)15(9-24)25-10-11-4-2-1-3-5-11/h1-8,15,24H,9-10H2/t15-/m1/s1. The van der Waals surface area contributed by atoms with E-state index in [4.69, 9.17) is 4.74 Å². The van der Waals surface area contributed by atoms with Crippen LogP contribution in [0.4, 0.5) is 26.3 Å². The topological polar surface area (TPSA) is 29.5 Å². The second-order valence-electron chi connectivity index (χ2n) is 5.31. The van der Waals surface area contributed by atoms with Crippen LogP contribution in [0.15, 0.2) is 48.5 Å². The predicted octanol–water partition coefficient (Wildman–Crippen LogP) is 4.97. The van der Waals surface area contributed by atoms with Gasteiger partial charge in [0.1, 0.15) is 6.10 Å². The lowest BCUT2D eigenvalue weighted by atomic mass is 10.0. The molecule has 2 aromatic rings. The molecule has 0 radical (unpaired) electrons. The van der Waals surface area contributed by atoms with Gasteiger partial charge in [0.15, 0.2) is 0 Å². The van der Waals surface area contributed by atoms with E-state index in [1.807, 2.05) is 0 Å². The van der Waals surface area contributed by atoms with Crippen LogP contribution in [-0.2, 0) is 23.7 Å². The highest BCUT2D eigenvalue weighted by Gasteiger charge is 2.37. The number of aliphatic hydroxyl groups excluding tert-OH is 1. The van der Waals surface area contributed by atoms with Crippen molar-refractivity contribution in [1.82, 2.24) is 0 Å². The first kappa shape index (κ1) is 19.3. The molecule has 8 heteroatoms. The van der Waals surface area contributed by atoms with Crippen molar-refractivity contribution in [2.24, 2.45) is 0 Å². The first-order valence-corrected chi connectivity index (χ1v) is 7.17. The van der Waals surface area contributed by atoms with Crippen LogP contribution < -0.4 is 0 Å². The largest absolute Gasteiger partial charge is 0.416 e. The number of ether oxygens (including phenoxy) is 1. The van der Waals surface area contributed by atoms with Gasteiger partial charge in [-0.15, -0.1) is 0 Å². The van der Waals surface area contributed by atoms with Crippen LogP contribution in [0.1, 0.15) is 28.4 Å². The summed E-state index contributed by atoms with van der Waals surface area (Å²) < 4.78 is 82.6. The molecule has 0 heterocycles. The highest BCUT2D eigenvalue weighted by Crippen LogP contribution is 2.38. The van der Waals surface area contributed by atoms with Gasteiger partial charge in [0.2, 0.25) is 0 Å². The van der Waals surface area contributed by atoms with Crippen molar-refractivity contribution in [3.63, 3.8) is 0 Å². The molecule has 0 aromatic heterocycles. The quantitative estimate of drug-likeness (QED) is 0.759. The van der Waals surface area contributed by atoms with E-state index in [0.717, 1.165) is 0 Å². The molecule has 0 aliphatic rings. The summed E-state index contributed by atoms with van der Waals surface area (Å²) in [6.45, 7) is -0.824. The molecule has 2 nitrogen and oxygen atoms in total. The number of hydrogen-bond acceptors (Lipinski definition) is 2. The summed E-state index contributed by atoms with van der Waals surface area (Å²) in [6.07, 6.45) is -11.2. The summed E-state index contributed by atoms with van der Waals surface area (Å²) in [6, 6.07) is 9.67. The molecule has 2 rings (SSSR count). The number of rotatable bonds is 5. The number of halogens is 6. The van der Waals surface area contributed by atoms with Crippen LogP contribution in [0, 0.1) is 0 Å². The number of aliphatic hydroxyl groups is 1. The molecule has 0 aliphatic heterocycles. The maximum atomic E-state index is 12.9. The third-order valence-corrected chi connectivity index (χ3v) is 3.44. The number of hydrogen-bond donors (Lipinski definition) is 1. The van der Waals surface area contributed by atoms with Crippen molar-refractivity contribution in [2.45, 2.75) is 25.1 Å². The van der Waals surface area contributed by atoms with Gasteiger partial charge in [-0.2, -0.15) is 26.3 Å². The number of benzene rings is 2. The fourth-order valence-electron chi connectivity index (χ4n) is 2.19. The third kappa shape index (κ3) is 5.20. The average molecular weight is 364 g/mol. The summed E-state index contributed by atoms with van der Waals surface area (Å²) >= 11 is 0. The molecule has 0 fully saturated rings. The van der Waals surface area contributed by atoms with Gasteiger partial charge in [-0.3, -0.25) is 0 Å². The van der Waals surface area contributed by atoms with Crippen molar-refractivity contribution in [3.05, 3.63) is 70.8 Å². The Labute approximate surface area is 139 Å². The molecular weight excluding hydrogens is 350 g/mol. The lowest BCUT2D eigenvalue weighted by Crippen LogP contribution is -2.15. The van der Waals surface area contributed by atoms with Gasteiger partial charge in [-0.1, -0.05) is 30.3 Å². The maximum absolute atomic E-state index is 12.9. The maximum Gasteiger partial charge on any atom is 0.416 e. The summed E-state index contributed by atoms with van der Waals surface area (Å²) in [5.41, 5.74) is -2.61. The monoisotopic (exact) mass is 364 g/mol. The highest BCUT2D eigenvalue weighted by atomic mass is 19.4. The Morgan fingerprint density at radius 2 is 1.36 bits per heavy atom. The molecule has 0 bridgehead atoms. The van der Waals surface area contributed by atoms with E-state index in [0.29, 0.717) is 17.7 Å². The first-order chi connectivity index (χ1) is 11.6. The van der Waals surface area contributed by atoms with Gasteiger partial charge in [-0.25, -0.2) is 0 Å². The normalized spacial score (nSPS) is 13.7. The molecule has 0 amide bonds. The van der Waals surface area contributed by atoms with Gasteiger partial charge < -0.3 is 9.84 Å². The van der Waals surface area contributed by atoms with Crippen LogP contribution in [0.25, 0.3) is 0 Å². The van der Waals surface area contributed by atoms with Gasteiger partial charge in [0, 0.05) is 0 Å². The van der Waals surface area contributed by atoms with E-state index in [-0.39, 0.29) is 18.2 Å². The third-order valence-electron chi connectivity index (χ3n) is 3.44. The Balaban J connectivity index is 2.33. The minimum atomic E-state index is -4.95. The van der Waals surface area contributed by atoms with E-state index in [2.05, 4.69) is 0 Å². The van der Waals surface area contributed by atoms with Gasteiger partial charge in [0.05, 0.1) is 24.3 Å². The molecule has 25 heavy (non-hydrogen) atoms. The van der Waals surface area contributed by atoms with Crippen LogP contribution in [0.2, 0.25) is 0 Å². The van der Waals surface area contributed by atoms with Crippen LogP contribution in [-0.4, -0.2) is 11.7 Å². The number of alkyl halides is 6. The SMILES string of the molecule is OC[C@@H](OCc1ccccc1)c1cc(C(F)(F)F)cc(C(F)(F)F)c1. The summed E-state index contributed by atoms with van der Waals surface area (Å²) in [5, 5.41) is 9.36. The summed E-state index contributed by atoms with van der Waals surface area (Å²) in [7, 11) is 0. The van der Waals surface area contributed by atoms with E-state index in [9.17, 15) is 31.4 Å². The van der Waals surface area contributed by atoms with E-state index in [1.54, 1.807) is 30.3 Å². The van der Waals surface area contributed by atoms with Crippen molar-refractivity contribution in [1.29, 1.82) is 0 Å². The van der Waals surface area contributed by atoms with Gasteiger partial charge in [-0.05, 0) is 29.3 Å². The van der Waals surface area contributed by atoms with Crippen LogP contribution >= 0.6 is 0 Å². The zero-order valence-electron chi connectivity index (χ0n) is 12.7. The average Bonchev–Trinajstić information content (AvgIpc) is 2.54. The van der Waals surface area contributed by atoms with Crippen molar-refractivity contribution >= 4 is 0 Å². The van der Waals surface area contributed by atoms with E-state index < -0.39 is 36.2 Å². The van der Waals surface area contributed by atoms with Crippen molar-refractivity contribution in [2.75, 3.05) is 6.61 Å². The molecule has 136 valence electrons. The van der Waals surface area contributed by atoms with Crippen molar-refractivity contribution in [3.8, 4) is 0 Å². The smallest absolute Gasteiger partial charge is 0.393 e. The zero-order valence-corrected chi connectivity index (χ0v) is 12.7. The molecule has 0 aliphatic carbocycles. The fourth-order valence-corrected chi connectivity index (χ4v) is 2.19. The fraction of sp³-hybridized carbons (Fsp3) is 0.294. The summed E-state index contributed by atoms with van der Waals surface area (Å²) in [5.74, 6) is 0. The first-order valence-electron chi connectivity index (χ1n) is 7.17. The van der Waals surface area contributed by atoms with Crippen LogP contribution in [0.5, 0.6) is 0 Å². The molecule has 0 spiro atoms. The summed E-state index contributed by atoms with van der Waals surface area (Å²) in [4.78, 5) is 0.